The van der Waals surface area contributed by atoms with E-state index in [-0.39, 0.29) is 41.4 Å². The van der Waals surface area contributed by atoms with Crippen LogP contribution in [0, 0.1) is 5.82 Å². The van der Waals surface area contributed by atoms with Crippen molar-refractivity contribution >= 4 is 50.7 Å². The predicted octanol–water partition coefficient (Wildman–Crippen LogP) is 5.97. The van der Waals surface area contributed by atoms with Gasteiger partial charge in [-0.2, -0.15) is 0 Å². The largest absolute Gasteiger partial charge is 0.486 e. The number of ether oxygens (including phenoxy) is 2. The van der Waals surface area contributed by atoms with E-state index in [1.54, 1.807) is 25.1 Å². The van der Waals surface area contributed by atoms with E-state index in [9.17, 15) is 22.4 Å². The van der Waals surface area contributed by atoms with Crippen LogP contribution in [0.1, 0.15) is 44.6 Å². The molecule has 1 fully saturated rings. The molecular formula is C32H34Cl2FN3O6S. The molecule has 1 heterocycles. The summed E-state index contributed by atoms with van der Waals surface area (Å²) in [4.78, 5) is 28.8. The lowest BCUT2D eigenvalue weighted by atomic mass is 9.95. The number of carbonyl (C=O) groups excluding carboxylic acids is 2. The van der Waals surface area contributed by atoms with Crippen LogP contribution in [-0.4, -0.2) is 57.0 Å². The van der Waals surface area contributed by atoms with Crippen LogP contribution in [0.15, 0.2) is 65.6 Å². The third kappa shape index (κ3) is 7.65. The van der Waals surface area contributed by atoms with Crippen LogP contribution >= 0.6 is 23.2 Å². The Morgan fingerprint density at radius 2 is 1.60 bits per heavy atom. The van der Waals surface area contributed by atoms with Crippen LogP contribution in [0.4, 0.5) is 10.1 Å². The second-order valence-electron chi connectivity index (χ2n) is 11.0. The average Bonchev–Trinajstić information content (AvgIpc) is 3.03. The lowest BCUT2D eigenvalue weighted by Gasteiger charge is -2.33. The summed E-state index contributed by atoms with van der Waals surface area (Å²) in [6.45, 7) is 1.30. The van der Waals surface area contributed by atoms with Gasteiger partial charge < -0.3 is 19.7 Å². The van der Waals surface area contributed by atoms with Crippen molar-refractivity contribution in [2.75, 3.05) is 24.1 Å². The molecule has 0 unspecified atom stereocenters. The fourth-order valence-corrected chi connectivity index (χ4v) is 7.40. The number of anilines is 1. The zero-order valence-corrected chi connectivity index (χ0v) is 27.0. The van der Waals surface area contributed by atoms with Crippen molar-refractivity contribution in [3.63, 3.8) is 0 Å². The number of rotatable bonds is 10. The Hall–Kier alpha value is -3.54. The monoisotopic (exact) mass is 677 g/mol. The number of nitrogens with zero attached hydrogens (tertiary/aromatic N) is 2. The molecule has 240 valence electrons. The number of halogens is 3. The predicted molar refractivity (Wildman–Crippen MR) is 170 cm³/mol. The van der Waals surface area contributed by atoms with Crippen molar-refractivity contribution in [3.05, 3.63) is 82.1 Å². The lowest BCUT2D eigenvalue weighted by molar-refractivity contribution is -0.139. The van der Waals surface area contributed by atoms with Gasteiger partial charge in [0, 0.05) is 34.3 Å². The topological polar surface area (TPSA) is 105 Å². The highest BCUT2D eigenvalue weighted by molar-refractivity contribution is 7.92. The Balaban J connectivity index is 1.50. The van der Waals surface area contributed by atoms with Gasteiger partial charge in [-0.1, -0.05) is 48.5 Å². The van der Waals surface area contributed by atoms with Crippen molar-refractivity contribution in [2.45, 2.75) is 62.6 Å². The highest BCUT2D eigenvalue weighted by atomic mass is 35.5. The maximum absolute atomic E-state index is 14.2. The van der Waals surface area contributed by atoms with E-state index in [1.807, 2.05) is 0 Å². The first-order chi connectivity index (χ1) is 21.5. The second-order valence-corrected chi connectivity index (χ2v) is 13.7. The Kier molecular flexibility index (Phi) is 10.4. The lowest BCUT2D eigenvalue weighted by Crippen LogP contribution is -2.53. The molecule has 2 amide bonds. The minimum absolute atomic E-state index is 0.0131. The van der Waals surface area contributed by atoms with E-state index in [2.05, 4.69) is 5.32 Å². The zero-order chi connectivity index (χ0) is 32.1. The minimum Gasteiger partial charge on any atom is -0.486 e. The maximum Gasteiger partial charge on any atom is 0.264 e. The third-order valence-corrected chi connectivity index (χ3v) is 10.5. The van der Waals surface area contributed by atoms with Crippen molar-refractivity contribution in [1.82, 2.24) is 10.2 Å². The SMILES string of the molecule is C[C@@H](C(=O)NC1CCCCC1)N(Cc1c(Cl)cccc1Cl)C(=O)CN(c1ccc(F)cc1)S(=O)(=O)c1ccc2c(c1)OCCO2. The van der Waals surface area contributed by atoms with Gasteiger partial charge in [-0.15, -0.1) is 0 Å². The van der Waals surface area contributed by atoms with Gasteiger partial charge in [0.05, 0.1) is 10.6 Å². The fourth-order valence-electron chi connectivity index (χ4n) is 5.45. The minimum atomic E-state index is -4.41. The van der Waals surface area contributed by atoms with Gasteiger partial charge in [-0.3, -0.25) is 13.9 Å². The number of amides is 2. The molecular weight excluding hydrogens is 644 g/mol. The fraction of sp³-hybridized carbons (Fsp3) is 0.375. The molecule has 1 aliphatic heterocycles. The first kappa shape index (κ1) is 32.8. The van der Waals surface area contributed by atoms with Crippen LogP contribution in [0.3, 0.4) is 0 Å². The molecule has 1 atom stereocenters. The molecule has 5 rings (SSSR count). The highest BCUT2D eigenvalue weighted by Gasteiger charge is 2.34. The van der Waals surface area contributed by atoms with Gasteiger partial charge >= 0.3 is 0 Å². The molecule has 0 saturated heterocycles. The van der Waals surface area contributed by atoms with Crippen molar-refractivity contribution in [3.8, 4) is 11.5 Å². The summed E-state index contributed by atoms with van der Waals surface area (Å²) in [5, 5.41) is 3.63. The van der Waals surface area contributed by atoms with E-state index in [1.165, 1.54) is 35.2 Å². The van der Waals surface area contributed by atoms with Gasteiger partial charge in [-0.05, 0) is 68.3 Å². The summed E-state index contributed by atoms with van der Waals surface area (Å²) in [5.41, 5.74) is 0.462. The molecule has 13 heteroatoms. The number of carbonyl (C=O) groups is 2. The van der Waals surface area contributed by atoms with Crippen LogP contribution in [0.2, 0.25) is 10.0 Å². The molecule has 1 aliphatic carbocycles. The molecule has 3 aromatic carbocycles. The Morgan fingerprint density at radius 3 is 2.27 bits per heavy atom. The van der Waals surface area contributed by atoms with Crippen LogP contribution in [0.5, 0.6) is 11.5 Å². The second kappa shape index (κ2) is 14.3. The number of nitrogens with one attached hydrogen (secondary N) is 1. The highest BCUT2D eigenvalue weighted by Crippen LogP contribution is 2.35. The number of hydrogen-bond donors (Lipinski definition) is 1. The number of sulfonamides is 1. The van der Waals surface area contributed by atoms with Gasteiger partial charge in [0.2, 0.25) is 11.8 Å². The molecule has 2 aliphatic rings. The van der Waals surface area contributed by atoms with Crippen LogP contribution < -0.4 is 19.1 Å². The first-order valence-electron chi connectivity index (χ1n) is 14.8. The van der Waals surface area contributed by atoms with E-state index in [0.717, 1.165) is 48.5 Å². The summed E-state index contributed by atoms with van der Waals surface area (Å²) >= 11 is 12.9. The Morgan fingerprint density at radius 1 is 0.956 bits per heavy atom. The molecule has 0 radical (unpaired) electrons. The van der Waals surface area contributed by atoms with Crippen LogP contribution in [0.25, 0.3) is 0 Å². The normalized spacial score (nSPS) is 15.6. The molecule has 9 nitrogen and oxygen atoms in total. The van der Waals surface area contributed by atoms with Gasteiger partial charge in [-0.25, -0.2) is 12.8 Å². The van der Waals surface area contributed by atoms with E-state index in [0.29, 0.717) is 28.0 Å². The summed E-state index contributed by atoms with van der Waals surface area (Å²) in [5.74, 6) is -1.00. The summed E-state index contributed by atoms with van der Waals surface area (Å²) in [6, 6.07) is 12.8. The van der Waals surface area contributed by atoms with E-state index in [4.69, 9.17) is 32.7 Å². The summed E-state index contributed by atoms with van der Waals surface area (Å²) in [6.07, 6.45) is 4.79. The average molecular weight is 679 g/mol. The van der Waals surface area contributed by atoms with E-state index < -0.39 is 34.3 Å². The van der Waals surface area contributed by atoms with Crippen molar-refractivity contribution in [2.24, 2.45) is 0 Å². The smallest absolute Gasteiger partial charge is 0.264 e. The molecule has 1 saturated carbocycles. The molecule has 1 N–H and O–H groups in total. The zero-order valence-electron chi connectivity index (χ0n) is 24.7. The van der Waals surface area contributed by atoms with Gasteiger partial charge in [0.25, 0.3) is 10.0 Å². The third-order valence-electron chi connectivity index (χ3n) is 8.00. The van der Waals surface area contributed by atoms with Crippen molar-refractivity contribution < 1.29 is 31.9 Å². The Labute approximate surface area is 272 Å². The van der Waals surface area contributed by atoms with E-state index >= 15 is 0 Å². The van der Waals surface area contributed by atoms with Gasteiger partial charge in [0.15, 0.2) is 11.5 Å². The molecule has 0 spiro atoms. The van der Waals surface area contributed by atoms with Gasteiger partial charge in [0.1, 0.15) is 31.6 Å². The number of benzene rings is 3. The molecule has 45 heavy (non-hydrogen) atoms. The molecule has 3 aromatic rings. The standard InChI is InChI=1S/C32H34Cl2FN3O6S/c1-21(32(40)36-23-6-3-2-4-7-23)37(19-26-27(33)8-5-9-28(26)34)31(39)20-38(24-12-10-22(35)11-13-24)45(41,42)25-14-15-29-30(18-25)44-17-16-43-29/h5,8-15,18,21,23H,2-4,6-7,16-17,19-20H2,1H3,(H,36,40)/t21-/m0/s1. The maximum atomic E-state index is 14.2. The van der Waals surface area contributed by atoms with Crippen molar-refractivity contribution in [1.29, 1.82) is 0 Å². The van der Waals surface area contributed by atoms with Crippen LogP contribution in [-0.2, 0) is 26.2 Å². The number of hydrogen-bond acceptors (Lipinski definition) is 6. The Bertz CT molecular complexity index is 1630. The summed E-state index contributed by atoms with van der Waals surface area (Å²) in [7, 11) is -4.41. The first-order valence-corrected chi connectivity index (χ1v) is 16.9. The number of fused-ring (bicyclic) bond motifs is 1. The molecule has 0 aromatic heterocycles. The molecule has 0 bridgehead atoms. The quantitative estimate of drug-likeness (QED) is 0.284. The summed E-state index contributed by atoms with van der Waals surface area (Å²) < 4.78 is 54.2.